The molecule has 0 saturated heterocycles. The Hall–Kier alpha value is -0.600. The van der Waals surface area contributed by atoms with E-state index < -0.39 is 0 Å². The molecule has 3 heteroatoms. The first-order valence-corrected chi connectivity index (χ1v) is 5.13. The van der Waals surface area contributed by atoms with E-state index in [-0.39, 0.29) is 5.82 Å². The molecular weight excluding hydrogens is 201 g/mol. The molecular formula is C11H15ClFN. The standard InChI is InChI=1S/C11H15ClFN/c1-3-14(2)7-6-9-8-10(12)4-5-11(9)13/h4-5,8H,3,6-7H2,1-2H3. The maximum absolute atomic E-state index is 13.2. The van der Waals surface area contributed by atoms with Crippen LogP contribution in [0.4, 0.5) is 4.39 Å². The Balaban J connectivity index is 2.62. The Morgan fingerprint density at radius 2 is 2.14 bits per heavy atom. The van der Waals surface area contributed by atoms with Crippen molar-refractivity contribution in [3.63, 3.8) is 0 Å². The Bertz CT molecular complexity index is 301. The molecule has 78 valence electrons. The van der Waals surface area contributed by atoms with Crippen LogP contribution in [0.5, 0.6) is 0 Å². The molecule has 0 radical (unpaired) electrons. The second-order valence-corrected chi connectivity index (χ2v) is 3.82. The van der Waals surface area contributed by atoms with Gasteiger partial charge in [-0.3, -0.25) is 0 Å². The number of nitrogens with zero attached hydrogens (tertiary/aromatic N) is 1. The van der Waals surface area contributed by atoms with Gasteiger partial charge in [-0.2, -0.15) is 0 Å². The topological polar surface area (TPSA) is 3.24 Å². The van der Waals surface area contributed by atoms with Gasteiger partial charge < -0.3 is 4.90 Å². The van der Waals surface area contributed by atoms with Crippen LogP contribution in [-0.4, -0.2) is 25.0 Å². The zero-order chi connectivity index (χ0) is 10.6. The maximum atomic E-state index is 13.2. The van der Waals surface area contributed by atoms with Crippen LogP contribution in [0.2, 0.25) is 5.02 Å². The summed E-state index contributed by atoms with van der Waals surface area (Å²) in [5.74, 6) is -0.168. The zero-order valence-electron chi connectivity index (χ0n) is 8.56. The van der Waals surface area contributed by atoms with E-state index in [4.69, 9.17) is 11.6 Å². The third kappa shape index (κ3) is 3.28. The molecule has 0 heterocycles. The summed E-state index contributed by atoms with van der Waals surface area (Å²) in [6.45, 7) is 3.91. The van der Waals surface area contributed by atoms with Crippen LogP contribution in [0, 0.1) is 5.82 Å². The minimum absolute atomic E-state index is 0.168. The van der Waals surface area contributed by atoms with Crippen LogP contribution >= 0.6 is 11.6 Å². The van der Waals surface area contributed by atoms with Crippen molar-refractivity contribution < 1.29 is 4.39 Å². The van der Waals surface area contributed by atoms with Crippen LogP contribution in [-0.2, 0) is 6.42 Å². The number of benzene rings is 1. The lowest BCUT2D eigenvalue weighted by molar-refractivity contribution is 0.355. The summed E-state index contributed by atoms with van der Waals surface area (Å²) in [4.78, 5) is 2.14. The molecule has 0 atom stereocenters. The Morgan fingerprint density at radius 1 is 1.43 bits per heavy atom. The van der Waals surface area contributed by atoms with Gasteiger partial charge in [0.2, 0.25) is 0 Å². The number of likely N-dealkylation sites (N-methyl/N-ethyl adjacent to an activating group) is 1. The van der Waals surface area contributed by atoms with E-state index in [1.165, 1.54) is 6.07 Å². The monoisotopic (exact) mass is 215 g/mol. The Morgan fingerprint density at radius 3 is 2.79 bits per heavy atom. The van der Waals surface area contributed by atoms with Gasteiger partial charge in [-0.1, -0.05) is 18.5 Å². The van der Waals surface area contributed by atoms with Crippen molar-refractivity contribution in [1.29, 1.82) is 0 Å². The molecule has 0 amide bonds. The molecule has 0 bridgehead atoms. The first-order chi connectivity index (χ1) is 6.63. The van der Waals surface area contributed by atoms with E-state index in [9.17, 15) is 4.39 Å². The molecule has 0 unspecified atom stereocenters. The van der Waals surface area contributed by atoms with E-state index in [1.807, 2.05) is 7.05 Å². The van der Waals surface area contributed by atoms with Crippen molar-refractivity contribution in [2.75, 3.05) is 20.1 Å². The quantitative estimate of drug-likeness (QED) is 0.747. The van der Waals surface area contributed by atoms with Crippen LogP contribution in [0.3, 0.4) is 0 Å². The average Bonchev–Trinajstić information content (AvgIpc) is 2.19. The summed E-state index contributed by atoms with van der Waals surface area (Å²) in [5, 5.41) is 0.598. The SMILES string of the molecule is CCN(C)CCc1cc(Cl)ccc1F. The predicted molar refractivity (Wildman–Crippen MR) is 58.3 cm³/mol. The molecule has 0 aromatic heterocycles. The third-order valence-electron chi connectivity index (χ3n) is 2.31. The highest BCUT2D eigenvalue weighted by Gasteiger charge is 2.03. The fraction of sp³-hybridized carbons (Fsp3) is 0.455. The molecule has 1 rings (SSSR count). The summed E-state index contributed by atoms with van der Waals surface area (Å²) < 4.78 is 13.2. The van der Waals surface area contributed by atoms with Gasteiger partial charge in [-0.15, -0.1) is 0 Å². The van der Waals surface area contributed by atoms with Crippen LogP contribution < -0.4 is 0 Å². The van der Waals surface area contributed by atoms with Gasteiger partial charge in [-0.25, -0.2) is 4.39 Å². The normalized spacial score (nSPS) is 10.9. The summed E-state index contributed by atoms with van der Waals surface area (Å²) in [6.07, 6.45) is 0.705. The fourth-order valence-corrected chi connectivity index (χ4v) is 1.40. The lowest BCUT2D eigenvalue weighted by Gasteiger charge is -2.13. The first kappa shape index (κ1) is 11.5. The minimum Gasteiger partial charge on any atom is -0.306 e. The highest BCUT2D eigenvalue weighted by molar-refractivity contribution is 6.30. The van der Waals surface area contributed by atoms with Gasteiger partial charge in [0.25, 0.3) is 0 Å². The molecule has 0 spiro atoms. The average molecular weight is 216 g/mol. The second kappa shape index (κ2) is 5.32. The van der Waals surface area contributed by atoms with Crippen molar-refractivity contribution in [2.24, 2.45) is 0 Å². The molecule has 1 aromatic carbocycles. The van der Waals surface area contributed by atoms with Crippen LogP contribution in [0.25, 0.3) is 0 Å². The number of rotatable bonds is 4. The van der Waals surface area contributed by atoms with Crippen molar-refractivity contribution in [3.8, 4) is 0 Å². The molecule has 0 saturated carbocycles. The minimum atomic E-state index is -0.168. The molecule has 0 N–H and O–H groups in total. The van der Waals surface area contributed by atoms with E-state index in [2.05, 4.69) is 11.8 Å². The zero-order valence-corrected chi connectivity index (χ0v) is 9.31. The van der Waals surface area contributed by atoms with E-state index in [0.29, 0.717) is 17.0 Å². The first-order valence-electron chi connectivity index (χ1n) is 4.76. The largest absolute Gasteiger partial charge is 0.306 e. The Labute approximate surface area is 89.5 Å². The summed E-state index contributed by atoms with van der Waals surface area (Å²) in [5.41, 5.74) is 0.692. The number of hydrogen-bond acceptors (Lipinski definition) is 1. The van der Waals surface area contributed by atoms with Crippen LogP contribution in [0.1, 0.15) is 12.5 Å². The molecule has 0 aliphatic rings. The lowest BCUT2D eigenvalue weighted by Crippen LogP contribution is -2.20. The van der Waals surface area contributed by atoms with Gasteiger partial charge in [0.15, 0.2) is 0 Å². The van der Waals surface area contributed by atoms with Crippen LogP contribution in [0.15, 0.2) is 18.2 Å². The van der Waals surface area contributed by atoms with E-state index >= 15 is 0 Å². The van der Waals surface area contributed by atoms with Crippen molar-refractivity contribution in [1.82, 2.24) is 4.90 Å². The highest BCUT2D eigenvalue weighted by atomic mass is 35.5. The van der Waals surface area contributed by atoms with Gasteiger partial charge in [0.1, 0.15) is 5.82 Å². The van der Waals surface area contributed by atoms with Gasteiger partial charge in [0, 0.05) is 11.6 Å². The molecule has 14 heavy (non-hydrogen) atoms. The van der Waals surface area contributed by atoms with Gasteiger partial charge in [0.05, 0.1) is 0 Å². The fourth-order valence-electron chi connectivity index (χ4n) is 1.20. The molecule has 1 nitrogen and oxygen atoms in total. The summed E-state index contributed by atoms with van der Waals surface area (Å²) in [6, 6.07) is 4.69. The molecule has 0 fully saturated rings. The van der Waals surface area contributed by atoms with E-state index in [0.717, 1.165) is 13.1 Å². The van der Waals surface area contributed by atoms with Gasteiger partial charge >= 0.3 is 0 Å². The number of halogens is 2. The lowest BCUT2D eigenvalue weighted by atomic mass is 10.1. The summed E-state index contributed by atoms with van der Waals surface area (Å²) in [7, 11) is 2.02. The molecule has 0 aliphatic heterocycles. The predicted octanol–water partition coefficient (Wildman–Crippen LogP) is 2.97. The van der Waals surface area contributed by atoms with Crippen molar-refractivity contribution in [2.45, 2.75) is 13.3 Å². The van der Waals surface area contributed by atoms with Crippen molar-refractivity contribution >= 4 is 11.6 Å². The van der Waals surface area contributed by atoms with Gasteiger partial charge in [-0.05, 0) is 43.8 Å². The Kier molecular flexibility index (Phi) is 4.36. The third-order valence-corrected chi connectivity index (χ3v) is 2.55. The summed E-state index contributed by atoms with van der Waals surface area (Å²) >= 11 is 5.79. The molecule has 1 aromatic rings. The second-order valence-electron chi connectivity index (χ2n) is 3.38. The van der Waals surface area contributed by atoms with E-state index in [1.54, 1.807) is 12.1 Å². The molecule has 0 aliphatic carbocycles. The smallest absolute Gasteiger partial charge is 0.126 e. The number of hydrogen-bond donors (Lipinski definition) is 0. The maximum Gasteiger partial charge on any atom is 0.126 e. The van der Waals surface area contributed by atoms with Crippen molar-refractivity contribution in [3.05, 3.63) is 34.6 Å². The highest BCUT2D eigenvalue weighted by Crippen LogP contribution is 2.15.